The number of nitrogens with zero attached hydrogens (tertiary/aromatic N) is 2. The highest BCUT2D eigenvalue weighted by molar-refractivity contribution is 6.05. The fourth-order valence-corrected chi connectivity index (χ4v) is 2.51. The third-order valence-electron chi connectivity index (χ3n) is 3.45. The molecule has 0 bridgehead atoms. The van der Waals surface area contributed by atoms with Crippen molar-refractivity contribution in [3.05, 3.63) is 0 Å². The smallest absolute Gasteiger partial charge is 0.409 e. The van der Waals surface area contributed by atoms with Crippen LogP contribution < -0.4 is 0 Å². The summed E-state index contributed by atoms with van der Waals surface area (Å²) in [7, 11) is 0. The maximum absolute atomic E-state index is 11.6. The minimum Gasteiger partial charge on any atom is -0.450 e. The molecule has 2 fully saturated rings. The molecule has 2 aliphatic rings. The maximum Gasteiger partial charge on any atom is 0.409 e. The van der Waals surface area contributed by atoms with Crippen LogP contribution in [0.2, 0.25) is 0 Å². The topological polar surface area (TPSA) is 66.9 Å². The highest BCUT2D eigenvalue weighted by Gasteiger charge is 2.35. The number of amides is 2. The molecule has 0 radical (unpaired) electrons. The van der Waals surface area contributed by atoms with Crippen LogP contribution in [-0.2, 0) is 14.3 Å². The molecule has 2 amide bonds. The number of piperidine rings is 1. The highest BCUT2D eigenvalue weighted by Crippen LogP contribution is 2.21. The molecule has 0 spiro atoms. The average molecular weight is 254 g/mol. The lowest BCUT2D eigenvalue weighted by molar-refractivity contribution is -0.130. The Morgan fingerprint density at radius 1 is 1.33 bits per heavy atom. The van der Waals surface area contributed by atoms with E-state index in [1.165, 1.54) is 0 Å². The van der Waals surface area contributed by atoms with Gasteiger partial charge in [0, 0.05) is 19.1 Å². The second-order valence-corrected chi connectivity index (χ2v) is 4.65. The molecule has 0 aromatic carbocycles. The molecular formula is C12H18N2O4. The van der Waals surface area contributed by atoms with Crippen LogP contribution >= 0.6 is 0 Å². The Balaban J connectivity index is 1.85. The number of hydrogen-bond donors (Lipinski definition) is 0. The quantitative estimate of drug-likeness (QED) is 0.669. The minimum absolute atomic E-state index is 0.00665. The van der Waals surface area contributed by atoms with E-state index in [4.69, 9.17) is 4.74 Å². The van der Waals surface area contributed by atoms with E-state index in [9.17, 15) is 14.4 Å². The average Bonchev–Trinajstić information content (AvgIpc) is 2.69. The van der Waals surface area contributed by atoms with Gasteiger partial charge >= 0.3 is 6.09 Å². The molecule has 6 nitrogen and oxygen atoms in total. The molecule has 0 N–H and O–H groups in total. The van der Waals surface area contributed by atoms with Crippen LogP contribution in [0.5, 0.6) is 0 Å². The van der Waals surface area contributed by atoms with Crippen LogP contribution in [0.25, 0.3) is 0 Å². The van der Waals surface area contributed by atoms with Crippen LogP contribution in [0.3, 0.4) is 0 Å². The molecule has 0 aliphatic carbocycles. The van der Waals surface area contributed by atoms with Crippen molar-refractivity contribution in [2.45, 2.75) is 32.2 Å². The summed E-state index contributed by atoms with van der Waals surface area (Å²) in [5.41, 5.74) is 0. The van der Waals surface area contributed by atoms with Crippen molar-refractivity contribution in [3.63, 3.8) is 0 Å². The van der Waals surface area contributed by atoms with Gasteiger partial charge in [0.15, 0.2) is 5.78 Å². The Kier molecular flexibility index (Phi) is 3.84. The lowest BCUT2D eigenvalue weighted by atomic mass is 10.0. The summed E-state index contributed by atoms with van der Waals surface area (Å²) in [5, 5.41) is 0. The van der Waals surface area contributed by atoms with Gasteiger partial charge in [0.1, 0.15) is 0 Å². The second-order valence-electron chi connectivity index (χ2n) is 4.65. The number of Topliss-reactive ketones (excluding diaryl/α,β-unsaturated/α-hetero) is 1. The number of ketones is 1. The number of hydrogen-bond acceptors (Lipinski definition) is 4. The minimum atomic E-state index is -0.292. The van der Waals surface area contributed by atoms with Gasteiger partial charge in [0.25, 0.3) is 0 Å². The number of carbonyl (C=O) groups is 3. The Bertz CT molecular complexity index is 361. The summed E-state index contributed by atoms with van der Waals surface area (Å²) >= 11 is 0. The Hall–Kier alpha value is -1.59. The van der Waals surface area contributed by atoms with Gasteiger partial charge in [0.05, 0.1) is 19.6 Å². The molecule has 18 heavy (non-hydrogen) atoms. The first-order valence-electron chi connectivity index (χ1n) is 6.34. The predicted molar refractivity (Wildman–Crippen MR) is 63.0 cm³/mol. The number of rotatable bonds is 2. The maximum atomic E-state index is 11.6. The van der Waals surface area contributed by atoms with E-state index in [0.717, 1.165) is 12.8 Å². The number of carbonyl (C=O) groups excluding carboxylic acids is 3. The largest absolute Gasteiger partial charge is 0.450 e. The summed E-state index contributed by atoms with van der Waals surface area (Å²) < 4.78 is 4.93. The molecule has 2 heterocycles. The predicted octanol–water partition coefficient (Wildman–Crippen LogP) is 0.409. The Labute approximate surface area is 106 Å². The molecule has 0 unspecified atom stereocenters. The van der Waals surface area contributed by atoms with Crippen molar-refractivity contribution >= 4 is 17.8 Å². The SMILES string of the molecule is CCOC(=O)N1CCC(N2CC(=O)CC2=O)CC1. The van der Waals surface area contributed by atoms with Crippen molar-refractivity contribution in [1.82, 2.24) is 9.80 Å². The van der Waals surface area contributed by atoms with Crippen molar-refractivity contribution in [2.75, 3.05) is 26.2 Å². The zero-order valence-corrected chi connectivity index (χ0v) is 10.6. The van der Waals surface area contributed by atoms with Crippen LogP contribution in [0, 0.1) is 0 Å². The third kappa shape index (κ3) is 2.63. The molecule has 2 rings (SSSR count). The van der Waals surface area contributed by atoms with Gasteiger partial charge in [0.2, 0.25) is 5.91 Å². The van der Waals surface area contributed by atoms with Crippen molar-refractivity contribution in [1.29, 1.82) is 0 Å². The summed E-state index contributed by atoms with van der Waals surface area (Å²) in [4.78, 5) is 37.6. The molecule has 0 atom stereocenters. The third-order valence-corrected chi connectivity index (χ3v) is 3.45. The van der Waals surface area contributed by atoms with Gasteiger partial charge in [-0.25, -0.2) is 4.79 Å². The fraction of sp³-hybridized carbons (Fsp3) is 0.750. The van der Waals surface area contributed by atoms with Gasteiger partial charge < -0.3 is 14.5 Å². The first-order valence-corrected chi connectivity index (χ1v) is 6.34. The summed E-state index contributed by atoms with van der Waals surface area (Å²) in [6.45, 7) is 3.56. The van der Waals surface area contributed by atoms with Gasteiger partial charge in [-0.1, -0.05) is 0 Å². The monoisotopic (exact) mass is 254 g/mol. The summed E-state index contributed by atoms with van der Waals surface area (Å²) in [5.74, 6) is -0.0811. The van der Waals surface area contributed by atoms with Crippen molar-refractivity contribution < 1.29 is 19.1 Å². The van der Waals surface area contributed by atoms with Gasteiger partial charge in [-0.3, -0.25) is 9.59 Å². The number of likely N-dealkylation sites (tertiary alicyclic amines) is 2. The molecular weight excluding hydrogens is 236 g/mol. The Morgan fingerprint density at radius 3 is 2.50 bits per heavy atom. The standard InChI is InChI=1S/C12H18N2O4/c1-2-18-12(17)13-5-3-9(4-6-13)14-8-10(15)7-11(14)16/h9H,2-8H2,1H3. The lowest BCUT2D eigenvalue weighted by Gasteiger charge is -2.35. The molecule has 0 saturated carbocycles. The van der Waals surface area contributed by atoms with Gasteiger partial charge in [-0.2, -0.15) is 0 Å². The van der Waals surface area contributed by atoms with E-state index in [0.29, 0.717) is 19.7 Å². The molecule has 0 aromatic heterocycles. The second kappa shape index (κ2) is 5.37. The van der Waals surface area contributed by atoms with Crippen LogP contribution in [0.1, 0.15) is 26.2 Å². The van der Waals surface area contributed by atoms with E-state index in [1.807, 2.05) is 0 Å². The van der Waals surface area contributed by atoms with Crippen LogP contribution in [0.4, 0.5) is 4.79 Å². The van der Waals surface area contributed by atoms with E-state index in [2.05, 4.69) is 0 Å². The molecule has 0 aromatic rings. The summed E-state index contributed by atoms with van der Waals surface area (Å²) in [6.07, 6.45) is 1.19. The first kappa shape index (κ1) is 12.9. The first-order chi connectivity index (χ1) is 8.61. The zero-order valence-electron chi connectivity index (χ0n) is 10.6. The van der Waals surface area contributed by atoms with E-state index in [-0.39, 0.29) is 36.8 Å². The van der Waals surface area contributed by atoms with Gasteiger partial charge in [-0.15, -0.1) is 0 Å². The van der Waals surface area contributed by atoms with Crippen LogP contribution in [-0.4, -0.2) is 59.9 Å². The molecule has 2 aliphatic heterocycles. The zero-order chi connectivity index (χ0) is 13.1. The summed E-state index contributed by atoms with van der Waals surface area (Å²) in [6, 6.07) is 0.0922. The molecule has 100 valence electrons. The molecule has 6 heteroatoms. The van der Waals surface area contributed by atoms with E-state index in [1.54, 1.807) is 16.7 Å². The van der Waals surface area contributed by atoms with Gasteiger partial charge in [-0.05, 0) is 19.8 Å². The Morgan fingerprint density at radius 2 is 2.00 bits per heavy atom. The van der Waals surface area contributed by atoms with Crippen molar-refractivity contribution in [3.8, 4) is 0 Å². The normalized spacial score (nSPS) is 21.6. The van der Waals surface area contributed by atoms with E-state index >= 15 is 0 Å². The van der Waals surface area contributed by atoms with Crippen molar-refractivity contribution in [2.24, 2.45) is 0 Å². The number of ether oxygens (including phenoxy) is 1. The van der Waals surface area contributed by atoms with Crippen LogP contribution in [0.15, 0.2) is 0 Å². The fourth-order valence-electron chi connectivity index (χ4n) is 2.51. The molecule has 2 saturated heterocycles. The van der Waals surface area contributed by atoms with E-state index < -0.39 is 0 Å². The lowest BCUT2D eigenvalue weighted by Crippen LogP contribution is -2.47. The highest BCUT2D eigenvalue weighted by atomic mass is 16.6.